The SMILES string of the molecule is CN(Cc1ccccc1OC(F)(F)F)c1c(C#N)c(=O)n(C)c(=O)n1C. The van der Waals surface area contributed by atoms with Crippen LogP contribution in [0.15, 0.2) is 33.9 Å². The number of anilines is 1. The van der Waals surface area contributed by atoms with Gasteiger partial charge in [0.1, 0.15) is 17.6 Å². The number of alkyl halides is 3. The number of benzene rings is 1. The molecule has 1 aromatic carbocycles. The molecule has 7 nitrogen and oxygen atoms in total. The molecule has 0 aliphatic rings. The summed E-state index contributed by atoms with van der Waals surface area (Å²) >= 11 is 0. The van der Waals surface area contributed by atoms with Gasteiger partial charge in [-0.3, -0.25) is 13.9 Å². The van der Waals surface area contributed by atoms with Crippen LogP contribution in [0.1, 0.15) is 11.1 Å². The summed E-state index contributed by atoms with van der Waals surface area (Å²) in [6.45, 7) is -0.124. The molecule has 1 heterocycles. The van der Waals surface area contributed by atoms with Gasteiger partial charge in [-0.1, -0.05) is 18.2 Å². The first-order valence-electron chi connectivity index (χ1n) is 7.31. The molecule has 0 saturated carbocycles. The monoisotopic (exact) mass is 368 g/mol. The minimum atomic E-state index is -4.86. The van der Waals surface area contributed by atoms with E-state index in [0.29, 0.717) is 0 Å². The molecule has 0 aliphatic heterocycles. The van der Waals surface area contributed by atoms with Crippen LogP contribution in [0.3, 0.4) is 0 Å². The maximum absolute atomic E-state index is 12.5. The average Bonchev–Trinajstić information content (AvgIpc) is 2.56. The topological polar surface area (TPSA) is 80.3 Å². The third kappa shape index (κ3) is 3.72. The van der Waals surface area contributed by atoms with E-state index < -0.39 is 23.4 Å². The van der Waals surface area contributed by atoms with E-state index >= 15 is 0 Å². The molecule has 0 saturated heterocycles. The largest absolute Gasteiger partial charge is 0.573 e. The molecule has 0 amide bonds. The van der Waals surface area contributed by atoms with Gasteiger partial charge in [0, 0.05) is 33.3 Å². The summed E-state index contributed by atoms with van der Waals surface area (Å²) in [6, 6.07) is 7.24. The molecule has 0 radical (unpaired) electrons. The van der Waals surface area contributed by atoms with E-state index in [1.807, 2.05) is 0 Å². The van der Waals surface area contributed by atoms with Crippen molar-refractivity contribution in [2.24, 2.45) is 14.1 Å². The van der Waals surface area contributed by atoms with Crippen molar-refractivity contribution in [3.63, 3.8) is 0 Å². The molecule has 0 aliphatic carbocycles. The number of ether oxygens (including phenoxy) is 1. The molecule has 0 unspecified atom stereocenters. The molecule has 26 heavy (non-hydrogen) atoms. The molecule has 0 bridgehead atoms. The van der Waals surface area contributed by atoms with E-state index in [0.717, 1.165) is 15.2 Å². The number of hydrogen-bond donors (Lipinski definition) is 0. The van der Waals surface area contributed by atoms with Crippen molar-refractivity contribution in [2.75, 3.05) is 11.9 Å². The average molecular weight is 368 g/mol. The molecular weight excluding hydrogens is 353 g/mol. The lowest BCUT2D eigenvalue weighted by molar-refractivity contribution is -0.274. The standard InChI is InChI=1S/C16H15F3N4O3/c1-21(9-10-6-4-5-7-12(10)26-16(17,18)19)13-11(8-20)14(24)23(3)15(25)22(13)2/h4-7H,9H2,1-3H3. The van der Waals surface area contributed by atoms with Crippen molar-refractivity contribution >= 4 is 5.82 Å². The zero-order valence-corrected chi connectivity index (χ0v) is 14.2. The lowest BCUT2D eigenvalue weighted by atomic mass is 10.2. The highest BCUT2D eigenvalue weighted by Crippen LogP contribution is 2.28. The third-order valence-corrected chi connectivity index (χ3v) is 3.71. The Morgan fingerprint density at radius 3 is 2.38 bits per heavy atom. The van der Waals surface area contributed by atoms with E-state index in [9.17, 15) is 28.0 Å². The molecule has 138 valence electrons. The minimum absolute atomic E-state index is 0.00223. The first-order valence-corrected chi connectivity index (χ1v) is 7.31. The summed E-state index contributed by atoms with van der Waals surface area (Å²) in [5.74, 6) is -0.401. The lowest BCUT2D eigenvalue weighted by Gasteiger charge is -2.24. The molecule has 0 spiro atoms. The van der Waals surface area contributed by atoms with Gasteiger partial charge in [-0.25, -0.2) is 4.79 Å². The second-order valence-corrected chi connectivity index (χ2v) is 5.53. The van der Waals surface area contributed by atoms with Crippen LogP contribution in [0.5, 0.6) is 5.75 Å². The Hall–Kier alpha value is -3.22. The summed E-state index contributed by atoms with van der Waals surface area (Å²) in [4.78, 5) is 25.6. The number of halogens is 3. The molecule has 1 aromatic heterocycles. The van der Waals surface area contributed by atoms with Crippen molar-refractivity contribution in [3.8, 4) is 11.8 Å². The fraction of sp³-hybridized carbons (Fsp3) is 0.312. The van der Waals surface area contributed by atoms with E-state index in [4.69, 9.17) is 0 Å². The van der Waals surface area contributed by atoms with Gasteiger partial charge in [0.05, 0.1) is 0 Å². The van der Waals surface area contributed by atoms with Crippen LogP contribution in [0.2, 0.25) is 0 Å². The first-order chi connectivity index (χ1) is 12.1. The summed E-state index contributed by atoms with van der Waals surface area (Å²) in [5.41, 5.74) is -1.55. The number of rotatable bonds is 4. The molecule has 2 rings (SSSR count). The normalized spacial score (nSPS) is 11.1. The number of nitriles is 1. The summed E-state index contributed by atoms with van der Waals surface area (Å²) in [5, 5.41) is 9.28. The fourth-order valence-corrected chi connectivity index (χ4v) is 2.57. The van der Waals surface area contributed by atoms with Crippen LogP contribution in [-0.2, 0) is 20.6 Å². The highest BCUT2D eigenvalue weighted by molar-refractivity contribution is 5.54. The summed E-state index contributed by atoms with van der Waals surface area (Å²) in [6.07, 6.45) is -4.86. The predicted molar refractivity (Wildman–Crippen MR) is 86.9 cm³/mol. The highest BCUT2D eigenvalue weighted by atomic mass is 19.4. The number of aromatic nitrogens is 2. The summed E-state index contributed by atoms with van der Waals surface area (Å²) in [7, 11) is 4.06. The minimum Gasteiger partial charge on any atom is -0.405 e. The van der Waals surface area contributed by atoms with E-state index in [2.05, 4.69) is 4.74 Å². The lowest BCUT2D eigenvalue weighted by Crippen LogP contribution is -2.41. The Morgan fingerprint density at radius 2 is 1.81 bits per heavy atom. The Morgan fingerprint density at radius 1 is 1.19 bits per heavy atom. The van der Waals surface area contributed by atoms with Gasteiger partial charge in [0.15, 0.2) is 5.56 Å². The Balaban J connectivity index is 2.51. The smallest absolute Gasteiger partial charge is 0.405 e. The van der Waals surface area contributed by atoms with Crippen LogP contribution >= 0.6 is 0 Å². The van der Waals surface area contributed by atoms with Gasteiger partial charge in [0.25, 0.3) is 5.56 Å². The Labute approximate surface area is 146 Å². The van der Waals surface area contributed by atoms with Crippen molar-refractivity contribution < 1.29 is 17.9 Å². The maximum Gasteiger partial charge on any atom is 0.573 e. The number of hydrogen-bond acceptors (Lipinski definition) is 5. The second kappa shape index (κ2) is 6.95. The van der Waals surface area contributed by atoms with Gasteiger partial charge in [-0.05, 0) is 6.07 Å². The quantitative estimate of drug-likeness (QED) is 0.817. The van der Waals surface area contributed by atoms with Crippen molar-refractivity contribution in [3.05, 3.63) is 56.2 Å². The third-order valence-electron chi connectivity index (χ3n) is 3.71. The molecule has 10 heteroatoms. The summed E-state index contributed by atoms with van der Waals surface area (Å²) < 4.78 is 43.5. The predicted octanol–water partition coefficient (Wildman–Crippen LogP) is 1.49. The zero-order valence-electron chi connectivity index (χ0n) is 14.2. The van der Waals surface area contributed by atoms with Gasteiger partial charge >= 0.3 is 12.1 Å². The van der Waals surface area contributed by atoms with Gasteiger partial charge in [0.2, 0.25) is 0 Å². The van der Waals surface area contributed by atoms with Crippen molar-refractivity contribution in [1.82, 2.24) is 9.13 Å². The van der Waals surface area contributed by atoms with Crippen LogP contribution in [0, 0.1) is 11.3 Å². The van der Waals surface area contributed by atoms with Crippen LogP contribution in [-0.4, -0.2) is 22.5 Å². The Bertz CT molecular complexity index is 986. The van der Waals surface area contributed by atoms with Crippen LogP contribution < -0.4 is 20.9 Å². The van der Waals surface area contributed by atoms with Crippen molar-refractivity contribution in [2.45, 2.75) is 12.9 Å². The van der Waals surface area contributed by atoms with Gasteiger partial charge < -0.3 is 9.64 Å². The van der Waals surface area contributed by atoms with Gasteiger partial charge in [-0.2, -0.15) is 5.26 Å². The number of para-hydroxylation sites is 1. The Kier molecular flexibility index (Phi) is 5.11. The van der Waals surface area contributed by atoms with Gasteiger partial charge in [-0.15, -0.1) is 13.2 Å². The number of nitrogens with zero attached hydrogens (tertiary/aromatic N) is 4. The van der Waals surface area contributed by atoms with E-state index in [-0.39, 0.29) is 23.5 Å². The van der Waals surface area contributed by atoms with Crippen LogP contribution in [0.4, 0.5) is 19.0 Å². The zero-order chi connectivity index (χ0) is 19.6. The maximum atomic E-state index is 12.5. The highest BCUT2D eigenvalue weighted by Gasteiger charge is 2.32. The molecule has 2 aromatic rings. The second-order valence-electron chi connectivity index (χ2n) is 5.53. The molecule has 0 atom stereocenters. The van der Waals surface area contributed by atoms with E-state index in [1.54, 1.807) is 6.07 Å². The molecule has 0 fully saturated rings. The van der Waals surface area contributed by atoms with E-state index in [1.165, 1.54) is 44.2 Å². The fourth-order valence-electron chi connectivity index (χ4n) is 2.57. The molecular formula is C16H15F3N4O3. The van der Waals surface area contributed by atoms with Crippen molar-refractivity contribution in [1.29, 1.82) is 5.26 Å². The van der Waals surface area contributed by atoms with Crippen LogP contribution in [0.25, 0.3) is 0 Å². The molecule has 0 N–H and O–H groups in total. The first kappa shape index (κ1) is 19.1.